The Morgan fingerprint density at radius 1 is 1.39 bits per heavy atom. The van der Waals surface area contributed by atoms with Gasteiger partial charge in [-0.05, 0) is 32.8 Å². The molecule has 4 heteroatoms. The van der Waals surface area contributed by atoms with E-state index in [2.05, 4.69) is 12.0 Å². The van der Waals surface area contributed by atoms with Gasteiger partial charge in [0.15, 0.2) is 0 Å². The van der Waals surface area contributed by atoms with Crippen LogP contribution in [0.3, 0.4) is 0 Å². The first-order chi connectivity index (χ1) is 8.40. The van der Waals surface area contributed by atoms with Gasteiger partial charge >= 0.3 is 0 Å². The molecular weight excluding hydrogens is 228 g/mol. The zero-order chi connectivity index (χ0) is 13.4. The molecule has 4 unspecified atom stereocenters. The second-order valence-electron chi connectivity index (χ2n) is 5.47. The number of carbonyl (C=O) groups excluding carboxylic acids is 1. The van der Waals surface area contributed by atoms with Gasteiger partial charge in [-0.2, -0.15) is 5.10 Å². The number of aromatic nitrogens is 2. The van der Waals surface area contributed by atoms with Crippen LogP contribution in [-0.2, 0) is 23.0 Å². The van der Waals surface area contributed by atoms with Crippen LogP contribution in [-0.4, -0.2) is 27.8 Å². The number of hydrogen-bond donors (Lipinski definition) is 0. The van der Waals surface area contributed by atoms with Crippen LogP contribution in [0.4, 0.5) is 0 Å². The van der Waals surface area contributed by atoms with Crippen molar-refractivity contribution in [3.05, 3.63) is 17.5 Å². The molecule has 0 radical (unpaired) electrons. The van der Waals surface area contributed by atoms with Gasteiger partial charge in [0, 0.05) is 25.1 Å². The molecule has 1 aliphatic rings. The lowest BCUT2D eigenvalue weighted by atomic mass is 9.84. The summed E-state index contributed by atoms with van der Waals surface area (Å²) in [5.41, 5.74) is 1.94. The summed E-state index contributed by atoms with van der Waals surface area (Å²) in [6.07, 6.45) is 0.645. The number of aryl methyl sites for hydroxylation is 2. The molecule has 4 atom stereocenters. The molecule has 18 heavy (non-hydrogen) atoms. The second kappa shape index (κ2) is 4.84. The number of nitrogens with zero attached hydrogens (tertiary/aromatic N) is 2. The fourth-order valence-electron chi connectivity index (χ4n) is 2.95. The highest BCUT2D eigenvalue weighted by Gasteiger charge is 2.41. The van der Waals surface area contributed by atoms with E-state index < -0.39 is 0 Å². The molecule has 2 heterocycles. The minimum atomic E-state index is 0.00945. The van der Waals surface area contributed by atoms with E-state index in [1.807, 2.05) is 33.9 Å². The number of ether oxygens (including phenoxy) is 1. The Kier molecular flexibility index (Phi) is 3.57. The fourth-order valence-corrected chi connectivity index (χ4v) is 2.95. The molecule has 1 saturated heterocycles. The van der Waals surface area contributed by atoms with Gasteiger partial charge < -0.3 is 4.74 Å². The first-order valence-corrected chi connectivity index (χ1v) is 6.58. The van der Waals surface area contributed by atoms with Crippen molar-refractivity contribution in [2.24, 2.45) is 18.9 Å². The molecule has 0 aromatic carbocycles. The van der Waals surface area contributed by atoms with Crippen LogP contribution in [0, 0.1) is 18.8 Å². The summed E-state index contributed by atoms with van der Waals surface area (Å²) < 4.78 is 7.53. The number of hydrogen-bond acceptors (Lipinski definition) is 3. The van der Waals surface area contributed by atoms with E-state index in [4.69, 9.17) is 4.74 Å². The van der Waals surface area contributed by atoms with Gasteiger partial charge in [0.05, 0.1) is 17.9 Å². The standard InChI is InChI=1S/C14H22N2O2/c1-8-6-12(16(5)15-8)7-13(17)14-9(2)10(3)18-11(14)4/h6,9-11,14H,7H2,1-5H3. The fraction of sp³-hybridized carbons (Fsp3) is 0.714. The van der Waals surface area contributed by atoms with Crippen LogP contribution in [0.5, 0.6) is 0 Å². The van der Waals surface area contributed by atoms with Crippen molar-refractivity contribution >= 4 is 5.78 Å². The van der Waals surface area contributed by atoms with Crippen molar-refractivity contribution in [2.45, 2.75) is 46.3 Å². The lowest BCUT2D eigenvalue weighted by Gasteiger charge is -2.16. The maximum atomic E-state index is 12.4. The van der Waals surface area contributed by atoms with Gasteiger partial charge in [0.25, 0.3) is 0 Å². The lowest BCUT2D eigenvalue weighted by molar-refractivity contribution is -0.124. The third-order valence-electron chi connectivity index (χ3n) is 4.07. The van der Waals surface area contributed by atoms with Gasteiger partial charge in [0.2, 0.25) is 0 Å². The molecule has 0 spiro atoms. The van der Waals surface area contributed by atoms with Gasteiger partial charge in [-0.1, -0.05) is 6.92 Å². The van der Waals surface area contributed by atoms with Crippen LogP contribution in [0.1, 0.15) is 32.2 Å². The molecule has 1 aliphatic heterocycles. The van der Waals surface area contributed by atoms with Crippen molar-refractivity contribution in [3.63, 3.8) is 0 Å². The molecule has 4 nitrogen and oxygen atoms in total. The normalized spacial score (nSPS) is 31.8. The maximum Gasteiger partial charge on any atom is 0.144 e. The minimum Gasteiger partial charge on any atom is -0.375 e. The predicted molar refractivity (Wildman–Crippen MR) is 69.3 cm³/mol. The van der Waals surface area contributed by atoms with Crippen LogP contribution in [0.15, 0.2) is 6.07 Å². The number of Topliss-reactive ketones (excluding diaryl/α,β-unsaturated/α-hetero) is 1. The van der Waals surface area contributed by atoms with Crippen molar-refractivity contribution in [1.82, 2.24) is 9.78 Å². The predicted octanol–water partition coefficient (Wildman–Crippen LogP) is 1.90. The summed E-state index contributed by atoms with van der Waals surface area (Å²) in [6.45, 7) is 8.09. The quantitative estimate of drug-likeness (QED) is 0.823. The third-order valence-corrected chi connectivity index (χ3v) is 4.07. The lowest BCUT2D eigenvalue weighted by Crippen LogP contribution is -2.28. The van der Waals surface area contributed by atoms with E-state index in [0.717, 1.165) is 11.4 Å². The van der Waals surface area contributed by atoms with Gasteiger partial charge in [0.1, 0.15) is 5.78 Å². The van der Waals surface area contributed by atoms with Crippen molar-refractivity contribution in [2.75, 3.05) is 0 Å². The Morgan fingerprint density at radius 2 is 2.06 bits per heavy atom. The molecule has 2 rings (SSSR count). The molecule has 0 saturated carbocycles. The highest BCUT2D eigenvalue weighted by molar-refractivity contribution is 5.84. The maximum absolute atomic E-state index is 12.4. The van der Waals surface area contributed by atoms with Gasteiger partial charge in [-0.3, -0.25) is 9.48 Å². The van der Waals surface area contributed by atoms with Crippen LogP contribution in [0.25, 0.3) is 0 Å². The van der Waals surface area contributed by atoms with E-state index in [1.165, 1.54) is 0 Å². The SMILES string of the molecule is Cc1cc(CC(=O)C2C(C)OC(C)C2C)n(C)n1. The van der Waals surface area contributed by atoms with E-state index in [-0.39, 0.29) is 23.9 Å². The summed E-state index contributed by atoms with van der Waals surface area (Å²) in [4.78, 5) is 12.4. The highest BCUT2D eigenvalue weighted by Crippen LogP contribution is 2.33. The molecule has 100 valence electrons. The summed E-state index contributed by atoms with van der Waals surface area (Å²) >= 11 is 0. The van der Waals surface area contributed by atoms with E-state index in [0.29, 0.717) is 12.3 Å². The Morgan fingerprint density at radius 3 is 2.50 bits per heavy atom. The molecule has 1 fully saturated rings. The molecular formula is C14H22N2O2. The Balaban J connectivity index is 2.11. The molecule has 0 N–H and O–H groups in total. The Labute approximate surface area is 108 Å². The van der Waals surface area contributed by atoms with Gasteiger partial charge in [-0.25, -0.2) is 0 Å². The molecule has 1 aromatic heterocycles. The van der Waals surface area contributed by atoms with Crippen molar-refractivity contribution < 1.29 is 9.53 Å². The second-order valence-corrected chi connectivity index (χ2v) is 5.47. The molecule has 0 aliphatic carbocycles. The van der Waals surface area contributed by atoms with E-state index in [1.54, 1.807) is 4.68 Å². The smallest absolute Gasteiger partial charge is 0.144 e. The molecule has 0 bridgehead atoms. The van der Waals surface area contributed by atoms with E-state index in [9.17, 15) is 4.79 Å². The zero-order valence-corrected chi connectivity index (χ0v) is 11.8. The average molecular weight is 250 g/mol. The van der Waals surface area contributed by atoms with Crippen LogP contribution >= 0.6 is 0 Å². The first kappa shape index (κ1) is 13.3. The first-order valence-electron chi connectivity index (χ1n) is 6.58. The topological polar surface area (TPSA) is 44.1 Å². The summed E-state index contributed by atoms with van der Waals surface area (Å²) in [7, 11) is 1.89. The Hall–Kier alpha value is -1.16. The monoisotopic (exact) mass is 250 g/mol. The number of carbonyl (C=O) groups is 1. The van der Waals surface area contributed by atoms with Crippen LogP contribution in [0.2, 0.25) is 0 Å². The average Bonchev–Trinajstić information content (AvgIpc) is 2.69. The Bertz CT molecular complexity index is 453. The van der Waals surface area contributed by atoms with Crippen molar-refractivity contribution in [1.29, 1.82) is 0 Å². The zero-order valence-electron chi connectivity index (χ0n) is 11.8. The summed E-state index contributed by atoms with van der Waals surface area (Å²) in [5, 5.41) is 4.28. The molecule has 1 aromatic rings. The highest BCUT2D eigenvalue weighted by atomic mass is 16.5. The van der Waals surface area contributed by atoms with Crippen LogP contribution < -0.4 is 0 Å². The minimum absolute atomic E-state index is 0.00945. The molecule has 0 amide bonds. The summed E-state index contributed by atoms with van der Waals surface area (Å²) in [5.74, 6) is 0.569. The van der Waals surface area contributed by atoms with Gasteiger partial charge in [-0.15, -0.1) is 0 Å². The third kappa shape index (κ3) is 2.34. The van der Waals surface area contributed by atoms with E-state index >= 15 is 0 Å². The van der Waals surface area contributed by atoms with Crippen molar-refractivity contribution in [3.8, 4) is 0 Å². The summed E-state index contributed by atoms with van der Waals surface area (Å²) in [6, 6.07) is 1.98. The number of rotatable bonds is 3. The largest absolute Gasteiger partial charge is 0.375 e. The number of ketones is 1.